The monoisotopic (exact) mass is 305 g/mol. The molecule has 1 aromatic heterocycles. The predicted molar refractivity (Wildman–Crippen MR) is 72.8 cm³/mol. The van der Waals surface area contributed by atoms with E-state index in [2.05, 4.69) is 10.3 Å². The van der Waals surface area contributed by atoms with E-state index in [4.69, 9.17) is 5.73 Å². The van der Waals surface area contributed by atoms with Crippen LogP contribution in [0.1, 0.15) is 16.8 Å². The highest BCUT2D eigenvalue weighted by atomic mass is 16.4. The van der Waals surface area contributed by atoms with Crippen LogP contribution in [0.5, 0.6) is 0 Å². The number of pyridine rings is 1. The van der Waals surface area contributed by atoms with Gasteiger partial charge in [0.15, 0.2) is 0 Å². The van der Waals surface area contributed by atoms with Crippen molar-refractivity contribution in [1.82, 2.24) is 10.3 Å². The van der Waals surface area contributed by atoms with Gasteiger partial charge < -0.3 is 21.3 Å². The van der Waals surface area contributed by atoms with E-state index in [1.807, 2.05) is 0 Å². The minimum Gasteiger partial charge on any atom is -0.481 e. The second kappa shape index (κ2) is 4.77. The highest BCUT2D eigenvalue weighted by Gasteiger charge is 2.74. The van der Waals surface area contributed by atoms with Gasteiger partial charge in [0.1, 0.15) is 5.54 Å². The van der Waals surface area contributed by atoms with E-state index >= 15 is 0 Å². The molecule has 0 bridgehead atoms. The molecule has 1 amide bonds. The topological polar surface area (TPSA) is 143 Å². The number of rotatable bonds is 4. The second-order valence-electron chi connectivity index (χ2n) is 5.84. The first kappa shape index (κ1) is 14.5. The summed E-state index contributed by atoms with van der Waals surface area (Å²) >= 11 is 0. The van der Waals surface area contributed by atoms with E-state index in [0.29, 0.717) is 5.56 Å². The maximum absolute atomic E-state index is 12.1. The minimum atomic E-state index is -1.61. The maximum Gasteiger partial charge on any atom is 0.324 e. The number of aromatic nitrogens is 1. The van der Waals surface area contributed by atoms with Crippen LogP contribution < -0.4 is 11.1 Å². The number of nitrogens with two attached hydrogens (primary N) is 1. The summed E-state index contributed by atoms with van der Waals surface area (Å²) in [6.45, 7) is 0. The van der Waals surface area contributed by atoms with Crippen LogP contribution in [0.3, 0.4) is 0 Å². The van der Waals surface area contributed by atoms with Gasteiger partial charge >= 0.3 is 11.9 Å². The van der Waals surface area contributed by atoms with E-state index in [-0.39, 0.29) is 6.42 Å². The van der Waals surface area contributed by atoms with Crippen LogP contribution in [0.2, 0.25) is 0 Å². The fraction of sp³-hybridized carbons (Fsp3) is 0.429. The van der Waals surface area contributed by atoms with Gasteiger partial charge in [0, 0.05) is 24.4 Å². The number of amides is 1. The van der Waals surface area contributed by atoms with E-state index in [0.717, 1.165) is 0 Å². The number of carboxylic acid groups (broad SMARTS) is 2. The van der Waals surface area contributed by atoms with Crippen LogP contribution in [-0.4, -0.2) is 44.6 Å². The molecule has 8 nitrogen and oxygen atoms in total. The summed E-state index contributed by atoms with van der Waals surface area (Å²) in [6.07, 6.45) is 2.93. The van der Waals surface area contributed by atoms with Crippen molar-refractivity contribution in [3.05, 3.63) is 30.1 Å². The van der Waals surface area contributed by atoms with Crippen molar-refractivity contribution in [1.29, 1.82) is 0 Å². The van der Waals surface area contributed by atoms with Crippen LogP contribution in [0.15, 0.2) is 24.5 Å². The molecule has 22 heavy (non-hydrogen) atoms. The molecule has 116 valence electrons. The summed E-state index contributed by atoms with van der Waals surface area (Å²) < 4.78 is 0. The number of hydrogen-bond donors (Lipinski definition) is 4. The molecule has 0 aromatic carbocycles. The van der Waals surface area contributed by atoms with Crippen LogP contribution >= 0.6 is 0 Å². The Kier molecular flexibility index (Phi) is 3.13. The second-order valence-corrected chi connectivity index (χ2v) is 5.84. The molecule has 3 rings (SSSR count). The lowest BCUT2D eigenvalue weighted by molar-refractivity contribution is -0.145. The molecule has 0 radical (unpaired) electrons. The number of nitrogens with one attached hydrogen (secondary N) is 1. The first-order valence-corrected chi connectivity index (χ1v) is 6.82. The molecule has 5 N–H and O–H groups in total. The molecule has 1 heterocycles. The Hall–Kier alpha value is -2.48. The van der Waals surface area contributed by atoms with Gasteiger partial charge in [0.2, 0.25) is 0 Å². The van der Waals surface area contributed by atoms with Crippen molar-refractivity contribution >= 4 is 17.8 Å². The van der Waals surface area contributed by atoms with Crippen LogP contribution in [0, 0.1) is 17.8 Å². The molecule has 1 aromatic rings. The Balaban J connectivity index is 1.79. The Labute approximate surface area is 125 Å². The lowest BCUT2D eigenvalue weighted by atomic mass is 9.90. The van der Waals surface area contributed by atoms with E-state index in [1.54, 1.807) is 12.1 Å². The average Bonchev–Trinajstić information content (AvgIpc) is 3.17. The number of fused-ring (bicyclic) bond motifs is 1. The molecule has 2 fully saturated rings. The van der Waals surface area contributed by atoms with Gasteiger partial charge in [-0.25, -0.2) is 0 Å². The summed E-state index contributed by atoms with van der Waals surface area (Å²) in [4.78, 5) is 38.6. The van der Waals surface area contributed by atoms with Gasteiger partial charge in [-0.3, -0.25) is 19.4 Å². The highest BCUT2D eigenvalue weighted by Crippen LogP contribution is 2.61. The molecule has 8 heteroatoms. The quantitative estimate of drug-likeness (QED) is 0.576. The molecule has 0 saturated heterocycles. The number of aliphatic carboxylic acids is 2. The third-order valence-corrected chi connectivity index (χ3v) is 4.62. The molecule has 2 aliphatic rings. The molecule has 0 aliphatic heterocycles. The Morgan fingerprint density at radius 1 is 1.36 bits per heavy atom. The Bertz CT molecular complexity index is 649. The molecule has 4 unspecified atom stereocenters. The fourth-order valence-corrected chi connectivity index (χ4v) is 3.58. The van der Waals surface area contributed by atoms with Crippen LogP contribution in [0.25, 0.3) is 0 Å². The summed E-state index contributed by atoms with van der Waals surface area (Å²) in [5.41, 5.74) is 4.61. The lowest BCUT2D eigenvalue weighted by Gasteiger charge is -2.25. The largest absolute Gasteiger partial charge is 0.481 e. The number of nitrogens with zero attached hydrogens (tertiary/aromatic N) is 1. The number of carboxylic acids is 2. The van der Waals surface area contributed by atoms with Gasteiger partial charge in [0.25, 0.3) is 5.91 Å². The first-order valence-electron chi connectivity index (χ1n) is 6.82. The third-order valence-electron chi connectivity index (χ3n) is 4.62. The van der Waals surface area contributed by atoms with Crippen LogP contribution in [-0.2, 0) is 9.59 Å². The van der Waals surface area contributed by atoms with Crippen molar-refractivity contribution in [2.75, 3.05) is 0 Å². The van der Waals surface area contributed by atoms with E-state index < -0.39 is 47.2 Å². The Morgan fingerprint density at radius 3 is 2.64 bits per heavy atom. The molecular weight excluding hydrogens is 290 g/mol. The van der Waals surface area contributed by atoms with Gasteiger partial charge in [-0.05, 0) is 24.5 Å². The predicted octanol–water partition coefficient (Wildman–Crippen LogP) is -0.687. The standard InChI is InChI=1S/C14H15N3O5/c15-14(13(21)22)4-7(8-9(10(8)14)12(19)20)17-11(18)6-2-1-3-16-5-6/h1-3,5,7-10H,4,15H2,(H,17,18)(H,19,20)(H,21,22)/t7?,8?,9-,10?,14?/m0/s1. The zero-order valence-corrected chi connectivity index (χ0v) is 11.5. The molecule has 2 saturated carbocycles. The average molecular weight is 305 g/mol. The number of carbonyl (C=O) groups excluding carboxylic acids is 1. The zero-order chi connectivity index (χ0) is 16.1. The molecule has 0 spiro atoms. The molecular formula is C14H15N3O5. The van der Waals surface area contributed by atoms with Crippen molar-refractivity contribution in [2.24, 2.45) is 23.5 Å². The lowest BCUT2D eigenvalue weighted by Crippen LogP contribution is -2.52. The number of carbonyl (C=O) groups is 3. The Morgan fingerprint density at radius 2 is 2.09 bits per heavy atom. The van der Waals surface area contributed by atoms with Gasteiger partial charge in [-0.15, -0.1) is 0 Å². The molecule has 5 atom stereocenters. The normalized spacial score (nSPS) is 35.5. The smallest absolute Gasteiger partial charge is 0.324 e. The summed E-state index contributed by atoms with van der Waals surface area (Å²) in [6, 6.07) is 2.61. The van der Waals surface area contributed by atoms with Crippen molar-refractivity contribution in [2.45, 2.75) is 18.0 Å². The first-order chi connectivity index (χ1) is 10.4. The van der Waals surface area contributed by atoms with E-state index in [1.165, 1.54) is 12.4 Å². The zero-order valence-electron chi connectivity index (χ0n) is 11.5. The van der Waals surface area contributed by atoms with Crippen molar-refractivity contribution < 1.29 is 24.6 Å². The van der Waals surface area contributed by atoms with Crippen LogP contribution in [0.4, 0.5) is 0 Å². The summed E-state index contributed by atoms with van der Waals surface area (Å²) in [7, 11) is 0. The van der Waals surface area contributed by atoms with Crippen molar-refractivity contribution in [3.8, 4) is 0 Å². The van der Waals surface area contributed by atoms with Crippen molar-refractivity contribution in [3.63, 3.8) is 0 Å². The third kappa shape index (κ3) is 2.03. The van der Waals surface area contributed by atoms with Gasteiger partial charge in [-0.2, -0.15) is 0 Å². The summed E-state index contributed by atoms with van der Waals surface area (Å²) in [5.74, 6) is -4.65. The molecule has 2 aliphatic carbocycles. The van der Waals surface area contributed by atoms with Gasteiger partial charge in [0.05, 0.1) is 11.5 Å². The van der Waals surface area contributed by atoms with Gasteiger partial charge in [-0.1, -0.05) is 0 Å². The highest BCUT2D eigenvalue weighted by molar-refractivity contribution is 5.94. The fourth-order valence-electron chi connectivity index (χ4n) is 3.58. The SMILES string of the molecule is NC1(C(=O)O)CC(NC(=O)c2cccnc2)C2C1[C@H]2C(=O)O. The minimum absolute atomic E-state index is 0.0213. The maximum atomic E-state index is 12.1. The summed E-state index contributed by atoms with van der Waals surface area (Å²) in [5, 5.41) is 21.2. The van der Waals surface area contributed by atoms with E-state index in [9.17, 15) is 24.6 Å². The number of hydrogen-bond acceptors (Lipinski definition) is 5.